The number of esters is 1. The molecule has 18 heavy (non-hydrogen) atoms. The molecule has 0 spiro atoms. The number of ether oxygens (including phenoxy) is 1. The van der Waals surface area contributed by atoms with Crippen LogP contribution >= 0.6 is 0 Å². The Hall–Kier alpha value is -1.40. The Kier molecular flexibility index (Phi) is 3.41. The van der Waals surface area contributed by atoms with E-state index in [0.717, 1.165) is 5.56 Å². The van der Waals surface area contributed by atoms with Crippen molar-refractivity contribution in [1.82, 2.24) is 0 Å². The molecule has 0 bridgehead atoms. The van der Waals surface area contributed by atoms with Crippen molar-refractivity contribution in [3.8, 4) is 0 Å². The Bertz CT molecular complexity index is 576. The minimum atomic E-state index is -4.25. The molecule has 2 rings (SSSR count). The number of benzene rings is 1. The van der Waals surface area contributed by atoms with E-state index in [2.05, 4.69) is 0 Å². The maximum absolute atomic E-state index is 11.3. The van der Waals surface area contributed by atoms with Gasteiger partial charge in [0.15, 0.2) is 0 Å². The molecule has 0 aliphatic carbocycles. The van der Waals surface area contributed by atoms with E-state index >= 15 is 0 Å². The average molecular weight is 270 g/mol. The molecule has 98 valence electrons. The Balaban J connectivity index is 2.31. The van der Waals surface area contributed by atoms with E-state index in [1.165, 1.54) is 6.07 Å². The van der Waals surface area contributed by atoms with Gasteiger partial charge < -0.3 is 4.74 Å². The fraction of sp³-hybridized carbons (Fsp3) is 0.417. The van der Waals surface area contributed by atoms with Crippen molar-refractivity contribution in [2.45, 2.75) is 37.2 Å². The third kappa shape index (κ3) is 2.88. The second-order valence-electron chi connectivity index (χ2n) is 4.44. The number of cyclic esters (lactones) is 1. The summed E-state index contributed by atoms with van der Waals surface area (Å²) < 4.78 is 36.7. The van der Waals surface area contributed by atoms with Gasteiger partial charge in [-0.2, -0.15) is 8.42 Å². The molecule has 1 aromatic carbocycles. The van der Waals surface area contributed by atoms with Gasteiger partial charge in [0.05, 0.1) is 4.90 Å². The molecule has 1 fully saturated rings. The third-order valence-corrected chi connectivity index (χ3v) is 3.86. The van der Waals surface area contributed by atoms with Gasteiger partial charge in [-0.1, -0.05) is 17.7 Å². The quantitative estimate of drug-likeness (QED) is 0.665. The lowest BCUT2D eigenvalue weighted by Gasteiger charge is -2.12. The van der Waals surface area contributed by atoms with Crippen molar-refractivity contribution >= 4 is 16.1 Å². The van der Waals surface area contributed by atoms with Gasteiger partial charge in [-0.3, -0.25) is 9.35 Å². The minimum Gasteiger partial charge on any atom is -0.462 e. The van der Waals surface area contributed by atoms with Gasteiger partial charge in [0.25, 0.3) is 10.1 Å². The highest BCUT2D eigenvalue weighted by molar-refractivity contribution is 7.85. The van der Waals surface area contributed by atoms with Crippen LogP contribution in [0.4, 0.5) is 0 Å². The highest BCUT2D eigenvalue weighted by atomic mass is 32.2. The zero-order valence-corrected chi connectivity index (χ0v) is 10.7. The maximum Gasteiger partial charge on any atom is 0.306 e. The predicted molar refractivity (Wildman–Crippen MR) is 63.8 cm³/mol. The van der Waals surface area contributed by atoms with Gasteiger partial charge in [-0.05, 0) is 25.0 Å². The Morgan fingerprint density at radius 3 is 2.72 bits per heavy atom. The Labute approximate surface area is 106 Å². The summed E-state index contributed by atoms with van der Waals surface area (Å²) in [7, 11) is -4.25. The summed E-state index contributed by atoms with van der Waals surface area (Å²) in [4.78, 5) is 10.9. The number of carbonyl (C=O) groups is 1. The van der Waals surface area contributed by atoms with Crippen LogP contribution in [0.15, 0.2) is 23.1 Å². The first-order chi connectivity index (χ1) is 8.36. The topological polar surface area (TPSA) is 80.7 Å². The number of aryl methyl sites for hydroxylation is 1. The molecule has 0 aromatic heterocycles. The summed E-state index contributed by atoms with van der Waals surface area (Å²) in [5, 5.41) is 0. The molecule has 6 heteroatoms. The summed E-state index contributed by atoms with van der Waals surface area (Å²) in [6.45, 7) is 1.83. The average Bonchev–Trinajstić information content (AvgIpc) is 2.62. The zero-order valence-electron chi connectivity index (χ0n) is 9.92. The SMILES string of the molecule is Cc1ccc(S(=O)(=O)O)c(CC2CCC(=O)O2)c1. The summed E-state index contributed by atoms with van der Waals surface area (Å²) in [6.07, 6.45) is 0.942. The standard InChI is InChI=1S/C12H14O5S/c1-8-2-4-11(18(14,15)16)9(6-8)7-10-3-5-12(13)17-10/h2,4,6,10H,3,5,7H2,1H3,(H,14,15,16). The van der Waals surface area contributed by atoms with Crippen LogP contribution < -0.4 is 0 Å². The normalized spacial score (nSPS) is 19.9. The smallest absolute Gasteiger partial charge is 0.306 e. The minimum absolute atomic E-state index is 0.115. The van der Waals surface area contributed by atoms with E-state index in [1.807, 2.05) is 6.92 Å². The van der Waals surface area contributed by atoms with Crippen molar-refractivity contribution in [3.63, 3.8) is 0 Å². The molecule has 1 unspecified atom stereocenters. The van der Waals surface area contributed by atoms with Gasteiger partial charge in [-0.25, -0.2) is 0 Å². The molecular formula is C12H14O5S. The lowest BCUT2D eigenvalue weighted by Crippen LogP contribution is -2.13. The van der Waals surface area contributed by atoms with E-state index in [0.29, 0.717) is 24.8 Å². The van der Waals surface area contributed by atoms with Crippen molar-refractivity contribution in [2.24, 2.45) is 0 Å². The number of rotatable bonds is 3. The molecule has 1 aromatic rings. The summed E-state index contributed by atoms with van der Waals surface area (Å²) in [5.74, 6) is -0.263. The number of hydrogen-bond acceptors (Lipinski definition) is 4. The molecule has 1 aliphatic rings. The molecule has 0 radical (unpaired) electrons. The summed E-state index contributed by atoms with van der Waals surface area (Å²) in [6, 6.07) is 4.68. The Morgan fingerprint density at radius 2 is 2.17 bits per heavy atom. The van der Waals surface area contributed by atoms with Crippen LogP contribution in [0.1, 0.15) is 24.0 Å². The van der Waals surface area contributed by atoms with E-state index < -0.39 is 10.1 Å². The molecular weight excluding hydrogens is 256 g/mol. The first kappa shape index (κ1) is 13.0. The Morgan fingerprint density at radius 1 is 1.44 bits per heavy atom. The van der Waals surface area contributed by atoms with Crippen molar-refractivity contribution in [1.29, 1.82) is 0 Å². The van der Waals surface area contributed by atoms with Crippen molar-refractivity contribution < 1.29 is 22.5 Å². The van der Waals surface area contributed by atoms with Crippen LogP contribution in [-0.2, 0) is 26.1 Å². The van der Waals surface area contributed by atoms with Crippen molar-refractivity contribution in [2.75, 3.05) is 0 Å². The molecule has 1 atom stereocenters. The molecule has 0 amide bonds. The van der Waals surface area contributed by atoms with Gasteiger partial charge >= 0.3 is 5.97 Å². The zero-order chi connectivity index (χ0) is 13.3. The van der Waals surface area contributed by atoms with Gasteiger partial charge in [0, 0.05) is 12.8 Å². The lowest BCUT2D eigenvalue weighted by molar-refractivity contribution is -0.141. The number of hydrogen-bond donors (Lipinski definition) is 1. The number of carbonyl (C=O) groups excluding carboxylic acids is 1. The van der Waals surface area contributed by atoms with Gasteiger partial charge in [0.2, 0.25) is 0 Å². The largest absolute Gasteiger partial charge is 0.462 e. The molecule has 0 saturated carbocycles. The fourth-order valence-electron chi connectivity index (χ4n) is 2.09. The highest BCUT2D eigenvalue weighted by Gasteiger charge is 2.26. The van der Waals surface area contributed by atoms with Crippen molar-refractivity contribution in [3.05, 3.63) is 29.3 Å². The highest BCUT2D eigenvalue weighted by Crippen LogP contribution is 2.23. The van der Waals surface area contributed by atoms with Gasteiger partial charge in [-0.15, -0.1) is 0 Å². The van der Waals surface area contributed by atoms with E-state index in [9.17, 15) is 13.2 Å². The van der Waals surface area contributed by atoms with Crippen LogP contribution in [0, 0.1) is 6.92 Å². The second kappa shape index (κ2) is 4.70. The lowest BCUT2D eigenvalue weighted by atomic mass is 10.0. The molecule has 1 aliphatic heterocycles. The maximum atomic E-state index is 11.3. The van der Waals surface area contributed by atoms with Crippen LogP contribution in [0.3, 0.4) is 0 Å². The first-order valence-electron chi connectivity index (χ1n) is 5.63. The van der Waals surface area contributed by atoms with Crippen LogP contribution in [-0.4, -0.2) is 25.0 Å². The molecule has 1 saturated heterocycles. The molecule has 1 N–H and O–H groups in total. The molecule has 1 heterocycles. The van der Waals surface area contributed by atoms with E-state index in [4.69, 9.17) is 9.29 Å². The fourth-order valence-corrected chi connectivity index (χ4v) is 2.80. The third-order valence-electron chi connectivity index (χ3n) is 2.91. The first-order valence-corrected chi connectivity index (χ1v) is 7.07. The van der Waals surface area contributed by atoms with Crippen LogP contribution in [0.25, 0.3) is 0 Å². The van der Waals surface area contributed by atoms with E-state index in [-0.39, 0.29) is 17.0 Å². The van der Waals surface area contributed by atoms with Crippen LogP contribution in [0.5, 0.6) is 0 Å². The monoisotopic (exact) mass is 270 g/mol. The summed E-state index contributed by atoms with van der Waals surface area (Å²) >= 11 is 0. The second-order valence-corrected chi connectivity index (χ2v) is 5.83. The van der Waals surface area contributed by atoms with E-state index in [1.54, 1.807) is 12.1 Å². The predicted octanol–water partition coefficient (Wildman–Crippen LogP) is 1.49. The summed E-state index contributed by atoms with van der Waals surface area (Å²) in [5.41, 5.74) is 1.37. The van der Waals surface area contributed by atoms with Gasteiger partial charge in [0.1, 0.15) is 6.10 Å². The van der Waals surface area contributed by atoms with Crippen LogP contribution in [0.2, 0.25) is 0 Å². The molecule has 5 nitrogen and oxygen atoms in total.